The molecule has 2 rings (SSSR count). The highest BCUT2D eigenvalue weighted by Crippen LogP contribution is 2.50. The van der Waals surface area contributed by atoms with Gasteiger partial charge in [0.2, 0.25) is 0 Å². The van der Waals surface area contributed by atoms with Crippen molar-refractivity contribution in [1.29, 1.82) is 0 Å². The molecule has 0 radical (unpaired) electrons. The fourth-order valence-electron chi connectivity index (χ4n) is 2.75. The molecule has 1 amide bonds. The maximum Gasteiger partial charge on any atom is 0.453 e. The molecular weight excluding hydrogens is 526 g/mol. The lowest BCUT2D eigenvalue weighted by atomic mass is 10.1. The summed E-state index contributed by atoms with van der Waals surface area (Å²) in [5.41, 5.74) is -6.29. The largest absolute Gasteiger partial charge is 0.497 e. The lowest BCUT2D eigenvalue weighted by molar-refractivity contribution is -0.445. The fourth-order valence-corrected chi connectivity index (χ4v) is 2.75. The normalized spacial score (nSPS) is 19.5. The van der Waals surface area contributed by atoms with Gasteiger partial charge in [-0.1, -0.05) is 0 Å². The Morgan fingerprint density at radius 3 is 1.80 bits per heavy atom. The van der Waals surface area contributed by atoms with Crippen molar-refractivity contribution in [3.63, 3.8) is 0 Å². The van der Waals surface area contributed by atoms with Gasteiger partial charge in [0, 0.05) is 5.56 Å². The summed E-state index contributed by atoms with van der Waals surface area (Å²) in [7, 11) is 1.17. The van der Waals surface area contributed by atoms with Crippen LogP contribution in [0.3, 0.4) is 0 Å². The second-order valence-corrected chi connectivity index (χ2v) is 6.83. The number of rotatable bonds is 6. The first-order valence-corrected chi connectivity index (χ1v) is 8.90. The van der Waals surface area contributed by atoms with Gasteiger partial charge in [0.05, 0.1) is 20.3 Å². The third-order valence-corrected chi connectivity index (χ3v) is 4.48. The van der Waals surface area contributed by atoms with Gasteiger partial charge < -0.3 is 24.3 Å². The predicted octanol–water partition coefficient (Wildman–Crippen LogP) is 4.50. The number of hydrogen-bond acceptors (Lipinski definition) is 5. The quantitative estimate of drug-likeness (QED) is 0.426. The minimum atomic E-state index is -6.49. The molecule has 1 unspecified atom stereocenters. The van der Waals surface area contributed by atoms with E-state index in [0.717, 1.165) is 24.3 Å². The lowest BCUT2D eigenvalue weighted by Crippen LogP contribution is -2.69. The highest BCUT2D eigenvalue weighted by molar-refractivity contribution is 5.94. The molecule has 1 aliphatic heterocycles. The minimum absolute atomic E-state index is 0.0758. The monoisotopic (exact) mass is 539 g/mol. The summed E-state index contributed by atoms with van der Waals surface area (Å²) in [6.07, 6.45) is -28.3. The molecule has 0 aromatic heterocycles. The van der Waals surface area contributed by atoms with Gasteiger partial charge in [-0.05, 0) is 24.3 Å². The second-order valence-electron chi connectivity index (χ2n) is 6.83. The highest BCUT2D eigenvalue weighted by Gasteiger charge is 2.78. The van der Waals surface area contributed by atoms with E-state index < -0.39 is 67.0 Å². The van der Waals surface area contributed by atoms with E-state index >= 15 is 0 Å². The Balaban J connectivity index is 2.35. The van der Waals surface area contributed by atoms with Crippen LogP contribution in [0.4, 0.5) is 52.7 Å². The van der Waals surface area contributed by atoms with Gasteiger partial charge >= 0.3 is 36.2 Å². The number of alkyl halides is 12. The Morgan fingerprint density at radius 2 is 1.43 bits per heavy atom. The summed E-state index contributed by atoms with van der Waals surface area (Å²) < 4.78 is 175. The summed E-state index contributed by atoms with van der Waals surface area (Å²) in [6.45, 7) is -3.88. The van der Waals surface area contributed by atoms with Gasteiger partial charge in [-0.15, -0.1) is 0 Å². The van der Waals surface area contributed by atoms with Crippen LogP contribution in [0.1, 0.15) is 10.4 Å². The van der Waals surface area contributed by atoms with Crippen molar-refractivity contribution in [1.82, 2.24) is 5.32 Å². The number of methoxy groups -OCH3 is 1. The fraction of sp³-hybridized carbons (Fsp3) is 0.588. The molecule has 1 aliphatic rings. The molecule has 0 bridgehead atoms. The van der Waals surface area contributed by atoms with E-state index in [-0.39, 0.29) is 5.75 Å². The topological polar surface area (TPSA) is 66.0 Å². The van der Waals surface area contributed by atoms with E-state index in [1.807, 2.05) is 0 Å². The highest BCUT2D eigenvalue weighted by atomic mass is 19.4. The Kier molecular flexibility index (Phi) is 7.56. The number of carbonyl (C=O) groups is 1. The van der Waals surface area contributed by atoms with Crippen molar-refractivity contribution in [3.8, 4) is 5.75 Å². The minimum Gasteiger partial charge on any atom is -0.497 e. The Morgan fingerprint density at radius 1 is 0.943 bits per heavy atom. The second kappa shape index (κ2) is 9.20. The molecule has 1 atom stereocenters. The van der Waals surface area contributed by atoms with Crippen LogP contribution in [0, 0.1) is 0 Å². The van der Waals surface area contributed by atoms with Crippen LogP contribution >= 0.6 is 0 Å². The van der Waals surface area contributed by atoms with Gasteiger partial charge in [0.1, 0.15) is 11.9 Å². The van der Waals surface area contributed by atoms with Crippen LogP contribution in [-0.2, 0) is 14.2 Å². The standard InChI is InChI=1S/C17H13F12NO5/c1-32-9-4-2-8(3-5-9)11(31)30-12(14(18,19)20,15(21,22)23)33-6-10-7-34-13(35-10,16(24,25)26)17(27,28)29/h2-5,10H,6-7H2,1H3,(H,30,31). The molecule has 1 aromatic carbocycles. The molecule has 0 aliphatic carbocycles. The third-order valence-electron chi connectivity index (χ3n) is 4.48. The molecule has 6 nitrogen and oxygen atoms in total. The van der Waals surface area contributed by atoms with Crippen LogP contribution in [0.15, 0.2) is 24.3 Å². The van der Waals surface area contributed by atoms with E-state index in [1.54, 1.807) is 0 Å². The van der Waals surface area contributed by atoms with Crippen molar-refractivity contribution in [3.05, 3.63) is 29.8 Å². The van der Waals surface area contributed by atoms with Crippen LogP contribution in [0.5, 0.6) is 5.75 Å². The number of hydrogen-bond donors (Lipinski definition) is 1. The Labute approximate surface area is 187 Å². The van der Waals surface area contributed by atoms with Crippen molar-refractivity contribution >= 4 is 5.91 Å². The summed E-state index contributed by atoms with van der Waals surface area (Å²) in [6, 6.07) is 3.58. The summed E-state index contributed by atoms with van der Waals surface area (Å²) in [4.78, 5) is 12.1. The van der Waals surface area contributed by atoms with E-state index in [0.29, 0.717) is 5.32 Å². The number of benzene rings is 1. The van der Waals surface area contributed by atoms with Gasteiger partial charge in [0.25, 0.3) is 5.91 Å². The Bertz CT molecular complexity index is 863. The smallest absolute Gasteiger partial charge is 0.453 e. The zero-order valence-electron chi connectivity index (χ0n) is 16.9. The van der Waals surface area contributed by atoms with Gasteiger partial charge in [-0.2, -0.15) is 52.7 Å². The maximum absolute atomic E-state index is 13.6. The molecule has 0 spiro atoms. The number of halogens is 12. The number of nitrogens with one attached hydrogen (secondary N) is 1. The zero-order chi connectivity index (χ0) is 27.1. The van der Waals surface area contributed by atoms with Crippen LogP contribution in [-0.4, -0.2) is 68.6 Å². The molecule has 0 saturated carbocycles. The summed E-state index contributed by atoms with van der Waals surface area (Å²) in [5.74, 6) is -7.22. The molecule has 18 heteroatoms. The third kappa shape index (κ3) is 5.37. The summed E-state index contributed by atoms with van der Waals surface area (Å²) >= 11 is 0. The first-order chi connectivity index (χ1) is 15.7. The van der Waals surface area contributed by atoms with Crippen molar-refractivity contribution < 1.29 is 76.4 Å². The van der Waals surface area contributed by atoms with E-state index in [9.17, 15) is 57.5 Å². The lowest BCUT2D eigenvalue weighted by Gasteiger charge is -2.38. The van der Waals surface area contributed by atoms with Crippen LogP contribution < -0.4 is 10.1 Å². The van der Waals surface area contributed by atoms with Crippen molar-refractivity contribution in [2.24, 2.45) is 0 Å². The number of amides is 1. The molecule has 200 valence electrons. The van der Waals surface area contributed by atoms with E-state index in [4.69, 9.17) is 4.74 Å². The molecule has 1 heterocycles. The van der Waals surface area contributed by atoms with Gasteiger partial charge in [-0.25, -0.2) is 0 Å². The van der Waals surface area contributed by atoms with E-state index in [1.165, 1.54) is 7.11 Å². The van der Waals surface area contributed by atoms with Crippen molar-refractivity contribution in [2.45, 2.75) is 42.3 Å². The Hall–Kier alpha value is -2.47. The molecular formula is C17H13F12NO5. The summed E-state index contributed by atoms with van der Waals surface area (Å²) in [5, 5.41) is 0.577. The molecule has 1 aromatic rings. The molecule has 1 N–H and O–H groups in total. The van der Waals surface area contributed by atoms with Gasteiger partial charge in [-0.3, -0.25) is 4.79 Å². The molecule has 35 heavy (non-hydrogen) atoms. The van der Waals surface area contributed by atoms with E-state index in [2.05, 4.69) is 14.2 Å². The maximum atomic E-state index is 13.6. The number of carbonyl (C=O) groups excluding carboxylic acids is 1. The molecule has 1 saturated heterocycles. The van der Waals surface area contributed by atoms with Crippen LogP contribution in [0.2, 0.25) is 0 Å². The van der Waals surface area contributed by atoms with Crippen molar-refractivity contribution in [2.75, 3.05) is 20.3 Å². The molecule has 1 fully saturated rings. The first kappa shape index (κ1) is 28.8. The average molecular weight is 539 g/mol. The predicted molar refractivity (Wildman–Crippen MR) is 86.9 cm³/mol. The average Bonchev–Trinajstić information content (AvgIpc) is 3.15. The SMILES string of the molecule is COc1ccc(C(=O)NC(OCC2COC(C(F)(F)F)(C(F)(F)F)O2)(C(F)(F)F)C(F)(F)F)cc1. The van der Waals surface area contributed by atoms with Crippen LogP contribution in [0.25, 0.3) is 0 Å². The zero-order valence-corrected chi connectivity index (χ0v) is 16.9. The van der Waals surface area contributed by atoms with Gasteiger partial charge in [0.15, 0.2) is 0 Å². The number of ether oxygens (including phenoxy) is 4. The first-order valence-electron chi connectivity index (χ1n) is 8.90.